The van der Waals surface area contributed by atoms with Crippen LogP contribution >= 0.6 is 11.6 Å². The number of aromatic nitrogens is 2. The fraction of sp³-hybridized carbons (Fsp3) is 0.560. The van der Waals surface area contributed by atoms with Crippen LogP contribution in [0.3, 0.4) is 0 Å². The number of fused-ring (bicyclic) bond motifs is 1. The third kappa shape index (κ3) is 4.76. The molecule has 4 rings (SSSR count). The molecule has 0 spiro atoms. The SMILES string of the molecule is CC(C)NC[C@@H](C(=O)N1CCN(c2ncnc3c2[C@H](C)C[C@H]3C)CC1)c1ccc(Cl)cc1. The van der Waals surface area contributed by atoms with Gasteiger partial charge in [-0.1, -0.05) is 51.4 Å². The van der Waals surface area contributed by atoms with Crippen LogP contribution in [0.2, 0.25) is 5.02 Å². The molecule has 1 N–H and O–H groups in total. The molecule has 1 aromatic heterocycles. The van der Waals surface area contributed by atoms with E-state index in [1.165, 1.54) is 11.3 Å². The van der Waals surface area contributed by atoms with Crippen molar-refractivity contribution < 1.29 is 4.79 Å². The van der Waals surface area contributed by atoms with Gasteiger partial charge >= 0.3 is 0 Å². The van der Waals surface area contributed by atoms with E-state index >= 15 is 0 Å². The number of anilines is 1. The number of halogens is 1. The maximum Gasteiger partial charge on any atom is 0.231 e. The van der Waals surface area contributed by atoms with Crippen LogP contribution in [-0.4, -0.2) is 59.5 Å². The minimum atomic E-state index is -0.217. The maximum absolute atomic E-state index is 13.5. The first kappa shape index (κ1) is 23.0. The quantitative estimate of drug-likeness (QED) is 0.708. The number of amides is 1. The van der Waals surface area contributed by atoms with E-state index in [9.17, 15) is 4.79 Å². The van der Waals surface area contributed by atoms with Gasteiger partial charge in [-0.15, -0.1) is 0 Å². The van der Waals surface area contributed by atoms with E-state index in [4.69, 9.17) is 11.6 Å². The van der Waals surface area contributed by atoms with Crippen LogP contribution in [0.25, 0.3) is 0 Å². The minimum Gasteiger partial charge on any atom is -0.353 e. The average Bonchev–Trinajstić information content (AvgIpc) is 3.08. The number of carbonyl (C=O) groups excluding carboxylic acids is 1. The Hall–Kier alpha value is -2.18. The Morgan fingerprint density at radius 2 is 1.78 bits per heavy atom. The van der Waals surface area contributed by atoms with E-state index in [1.807, 2.05) is 29.2 Å². The van der Waals surface area contributed by atoms with Gasteiger partial charge in [0.05, 0.1) is 11.6 Å². The van der Waals surface area contributed by atoms with E-state index < -0.39 is 0 Å². The summed E-state index contributed by atoms with van der Waals surface area (Å²) in [5.41, 5.74) is 3.51. The molecular formula is C25H34ClN5O. The minimum absolute atomic E-state index is 0.176. The molecule has 2 aromatic rings. The molecule has 32 heavy (non-hydrogen) atoms. The summed E-state index contributed by atoms with van der Waals surface area (Å²) < 4.78 is 0. The lowest BCUT2D eigenvalue weighted by molar-refractivity contribution is -0.133. The van der Waals surface area contributed by atoms with Crippen molar-refractivity contribution in [3.05, 3.63) is 52.4 Å². The summed E-state index contributed by atoms with van der Waals surface area (Å²) in [5.74, 6) is 1.99. The zero-order chi connectivity index (χ0) is 22.8. The number of piperazine rings is 1. The average molecular weight is 456 g/mol. The lowest BCUT2D eigenvalue weighted by atomic mass is 9.96. The first-order valence-electron chi connectivity index (χ1n) is 11.7. The fourth-order valence-electron chi connectivity index (χ4n) is 5.03. The van der Waals surface area contributed by atoms with Crippen molar-refractivity contribution in [2.45, 2.75) is 57.9 Å². The van der Waals surface area contributed by atoms with E-state index in [2.05, 4.69) is 47.9 Å². The Labute approximate surface area is 196 Å². The van der Waals surface area contributed by atoms with Gasteiger partial charge in [-0.05, 0) is 36.0 Å². The second-order valence-electron chi connectivity index (χ2n) is 9.51. The van der Waals surface area contributed by atoms with Crippen LogP contribution in [0.4, 0.5) is 5.82 Å². The highest BCUT2D eigenvalue weighted by atomic mass is 35.5. The Bertz CT molecular complexity index is 940. The van der Waals surface area contributed by atoms with Crippen molar-refractivity contribution in [3.8, 4) is 0 Å². The molecule has 0 bridgehead atoms. The van der Waals surface area contributed by atoms with Crippen molar-refractivity contribution >= 4 is 23.3 Å². The van der Waals surface area contributed by atoms with Crippen molar-refractivity contribution in [1.29, 1.82) is 0 Å². The topological polar surface area (TPSA) is 61.4 Å². The molecule has 0 saturated carbocycles. The van der Waals surface area contributed by atoms with Crippen LogP contribution in [0.5, 0.6) is 0 Å². The van der Waals surface area contributed by atoms with Gasteiger partial charge in [0.25, 0.3) is 0 Å². The molecule has 1 amide bonds. The van der Waals surface area contributed by atoms with E-state index in [-0.39, 0.29) is 11.8 Å². The molecule has 1 saturated heterocycles. The summed E-state index contributed by atoms with van der Waals surface area (Å²) in [6.45, 7) is 12.3. The molecule has 2 aliphatic rings. The molecule has 6 nitrogen and oxygen atoms in total. The molecule has 1 aliphatic heterocycles. The van der Waals surface area contributed by atoms with Crippen molar-refractivity contribution in [2.75, 3.05) is 37.6 Å². The standard InChI is InChI=1S/C25H34ClN5O/c1-16(2)27-14-21(19-5-7-20(26)8-6-19)25(32)31-11-9-30(10-12-31)24-22-17(3)13-18(4)23(22)28-15-29-24/h5-8,15-18,21,27H,9-14H2,1-4H3/t17-,18-,21-/m1/s1. The third-order valence-electron chi connectivity index (χ3n) is 6.75. The summed E-state index contributed by atoms with van der Waals surface area (Å²) in [6.07, 6.45) is 2.83. The summed E-state index contributed by atoms with van der Waals surface area (Å²) in [6, 6.07) is 7.98. The van der Waals surface area contributed by atoms with Crippen LogP contribution < -0.4 is 10.2 Å². The van der Waals surface area contributed by atoms with Crippen LogP contribution in [-0.2, 0) is 4.79 Å². The zero-order valence-corrected chi connectivity index (χ0v) is 20.3. The predicted octanol–water partition coefficient (Wildman–Crippen LogP) is 4.17. The van der Waals surface area contributed by atoms with E-state index in [0.717, 1.165) is 30.9 Å². The monoisotopic (exact) mass is 455 g/mol. The van der Waals surface area contributed by atoms with Gasteiger partial charge in [0.15, 0.2) is 0 Å². The fourth-order valence-corrected chi connectivity index (χ4v) is 5.16. The predicted molar refractivity (Wildman–Crippen MR) is 130 cm³/mol. The summed E-state index contributed by atoms with van der Waals surface area (Å²) in [4.78, 5) is 27.1. The Morgan fingerprint density at radius 3 is 2.44 bits per heavy atom. The molecule has 1 aromatic carbocycles. The van der Waals surface area contributed by atoms with Gasteiger partial charge in [0, 0.05) is 49.4 Å². The number of rotatable bonds is 6. The lowest BCUT2D eigenvalue weighted by Gasteiger charge is -2.38. The zero-order valence-electron chi connectivity index (χ0n) is 19.5. The molecular weight excluding hydrogens is 422 g/mol. The van der Waals surface area contributed by atoms with Gasteiger partial charge < -0.3 is 15.1 Å². The summed E-state index contributed by atoms with van der Waals surface area (Å²) in [5, 5.41) is 4.13. The molecule has 3 atom stereocenters. The van der Waals surface area contributed by atoms with Gasteiger partial charge in [-0.25, -0.2) is 9.97 Å². The highest BCUT2D eigenvalue weighted by molar-refractivity contribution is 6.30. The normalized spacial score (nSPS) is 21.7. The molecule has 2 heterocycles. The van der Waals surface area contributed by atoms with Gasteiger partial charge in [0.2, 0.25) is 5.91 Å². The first-order valence-corrected chi connectivity index (χ1v) is 12.1. The van der Waals surface area contributed by atoms with Gasteiger partial charge in [0.1, 0.15) is 12.1 Å². The molecule has 1 fully saturated rings. The largest absolute Gasteiger partial charge is 0.353 e. The number of hydrogen-bond acceptors (Lipinski definition) is 5. The van der Waals surface area contributed by atoms with Crippen molar-refractivity contribution in [2.24, 2.45) is 0 Å². The van der Waals surface area contributed by atoms with Crippen LogP contribution in [0.1, 0.15) is 68.7 Å². The lowest BCUT2D eigenvalue weighted by Crippen LogP contribution is -2.51. The van der Waals surface area contributed by atoms with E-state index in [1.54, 1.807) is 6.33 Å². The highest BCUT2D eigenvalue weighted by Crippen LogP contribution is 2.43. The van der Waals surface area contributed by atoms with Crippen LogP contribution in [0, 0.1) is 0 Å². The van der Waals surface area contributed by atoms with Crippen molar-refractivity contribution in [3.63, 3.8) is 0 Å². The smallest absolute Gasteiger partial charge is 0.231 e. The van der Waals surface area contributed by atoms with Gasteiger partial charge in [-0.2, -0.15) is 0 Å². The third-order valence-corrected chi connectivity index (χ3v) is 7.00. The Kier molecular flexibility index (Phi) is 7.01. The molecule has 7 heteroatoms. The summed E-state index contributed by atoms with van der Waals surface area (Å²) in [7, 11) is 0. The number of nitrogens with one attached hydrogen (secondary N) is 1. The molecule has 0 radical (unpaired) electrons. The Morgan fingerprint density at radius 1 is 1.09 bits per heavy atom. The Balaban J connectivity index is 1.47. The van der Waals surface area contributed by atoms with Crippen molar-refractivity contribution in [1.82, 2.24) is 20.2 Å². The van der Waals surface area contributed by atoms with Gasteiger partial charge in [-0.3, -0.25) is 4.79 Å². The second kappa shape index (κ2) is 9.75. The molecule has 1 aliphatic carbocycles. The molecule has 0 unspecified atom stereocenters. The molecule has 172 valence electrons. The van der Waals surface area contributed by atoms with E-state index in [0.29, 0.717) is 42.5 Å². The number of benzene rings is 1. The summed E-state index contributed by atoms with van der Waals surface area (Å²) >= 11 is 6.08. The number of carbonyl (C=O) groups is 1. The number of hydrogen-bond donors (Lipinski definition) is 1. The maximum atomic E-state index is 13.5. The number of nitrogens with zero attached hydrogens (tertiary/aromatic N) is 4. The first-order chi connectivity index (χ1) is 15.3. The second-order valence-corrected chi connectivity index (χ2v) is 9.95. The highest BCUT2D eigenvalue weighted by Gasteiger charge is 2.34. The van der Waals surface area contributed by atoms with Crippen LogP contribution in [0.15, 0.2) is 30.6 Å².